The molecule has 2 N–H and O–H groups in total. The lowest BCUT2D eigenvalue weighted by molar-refractivity contribution is -0.118. The third-order valence-corrected chi connectivity index (χ3v) is 3.13. The molecule has 1 amide bonds. The van der Waals surface area contributed by atoms with Crippen molar-refractivity contribution in [3.8, 4) is 18.1 Å². The first-order valence-electron chi connectivity index (χ1n) is 6.45. The van der Waals surface area contributed by atoms with Gasteiger partial charge in [-0.3, -0.25) is 4.79 Å². The summed E-state index contributed by atoms with van der Waals surface area (Å²) in [7, 11) is 0. The number of hydrogen-bond donors (Lipinski definition) is 2. The molecular weight excluding hydrogens is 240 g/mol. The molecule has 1 heterocycles. The molecule has 1 aromatic rings. The van der Waals surface area contributed by atoms with Crippen molar-refractivity contribution in [2.75, 3.05) is 11.9 Å². The van der Waals surface area contributed by atoms with Crippen molar-refractivity contribution in [1.29, 1.82) is 0 Å². The van der Waals surface area contributed by atoms with Crippen molar-refractivity contribution in [1.82, 2.24) is 5.32 Å². The van der Waals surface area contributed by atoms with Crippen molar-refractivity contribution >= 4 is 11.6 Å². The molecule has 1 unspecified atom stereocenters. The van der Waals surface area contributed by atoms with Crippen LogP contribution in [0.25, 0.3) is 0 Å². The van der Waals surface area contributed by atoms with Gasteiger partial charge in [0.1, 0.15) is 5.75 Å². The Morgan fingerprint density at radius 2 is 2.42 bits per heavy atom. The number of carbonyl (C=O) groups excluding carboxylic acids is 1. The number of fused-ring (bicyclic) bond motifs is 1. The van der Waals surface area contributed by atoms with E-state index in [0.29, 0.717) is 6.04 Å². The van der Waals surface area contributed by atoms with Gasteiger partial charge in [0.25, 0.3) is 5.91 Å². The standard InChI is InChI=1S/C15H18N2O2/c1-3-5-12(4-2)16-9-11-6-7-14-13(8-11)17-15(18)10-19-14/h1,6-8,12,16H,4-5,9-10H2,2H3,(H,17,18). The Labute approximate surface area is 113 Å². The number of terminal acetylenes is 1. The summed E-state index contributed by atoms with van der Waals surface area (Å²) in [6.07, 6.45) is 7.04. The van der Waals surface area contributed by atoms with E-state index in [1.54, 1.807) is 0 Å². The molecule has 1 aliphatic heterocycles. The highest BCUT2D eigenvalue weighted by Crippen LogP contribution is 2.28. The van der Waals surface area contributed by atoms with E-state index in [4.69, 9.17) is 11.2 Å². The smallest absolute Gasteiger partial charge is 0.262 e. The molecule has 0 saturated heterocycles. The second-order valence-electron chi connectivity index (χ2n) is 4.56. The van der Waals surface area contributed by atoms with Gasteiger partial charge in [0.15, 0.2) is 6.61 Å². The van der Waals surface area contributed by atoms with Gasteiger partial charge in [-0.25, -0.2) is 0 Å². The molecule has 0 saturated carbocycles. The van der Waals surface area contributed by atoms with Gasteiger partial charge in [-0.15, -0.1) is 12.3 Å². The average Bonchev–Trinajstić information content (AvgIpc) is 2.43. The minimum Gasteiger partial charge on any atom is -0.482 e. The predicted octanol–water partition coefficient (Wildman–Crippen LogP) is 1.91. The number of benzene rings is 1. The van der Waals surface area contributed by atoms with E-state index < -0.39 is 0 Å². The summed E-state index contributed by atoms with van der Waals surface area (Å²) in [5, 5.41) is 6.21. The molecule has 19 heavy (non-hydrogen) atoms. The maximum Gasteiger partial charge on any atom is 0.262 e. The van der Waals surface area contributed by atoms with Crippen LogP contribution >= 0.6 is 0 Å². The SMILES string of the molecule is C#CCC(CC)NCc1ccc2c(c1)NC(=O)CO2. The van der Waals surface area contributed by atoms with E-state index in [0.717, 1.165) is 36.4 Å². The van der Waals surface area contributed by atoms with E-state index in [1.807, 2.05) is 18.2 Å². The molecule has 0 aliphatic carbocycles. The summed E-state index contributed by atoms with van der Waals surface area (Å²) >= 11 is 0. The van der Waals surface area contributed by atoms with E-state index >= 15 is 0 Å². The Kier molecular flexibility index (Phi) is 4.43. The largest absolute Gasteiger partial charge is 0.482 e. The molecular formula is C15H18N2O2. The highest BCUT2D eigenvalue weighted by atomic mass is 16.5. The Morgan fingerprint density at radius 1 is 1.58 bits per heavy atom. The summed E-state index contributed by atoms with van der Waals surface area (Å²) in [5.74, 6) is 3.28. The molecule has 0 bridgehead atoms. The Hall–Kier alpha value is -1.99. The maximum atomic E-state index is 11.3. The number of anilines is 1. The minimum atomic E-state index is -0.114. The first kappa shape index (κ1) is 13.4. The van der Waals surface area contributed by atoms with E-state index in [2.05, 4.69) is 23.5 Å². The van der Waals surface area contributed by atoms with Gasteiger partial charge in [0.2, 0.25) is 0 Å². The van der Waals surface area contributed by atoms with Crippen LogP contribution in [0, 0.1) is 12.3 Å². The molecule has 0 radical (unpaired) electrons. The number of rotatable bonds is 5. The Balaban J connectivity index is 2.00. The number of hydrogen-bond acceptors (Lipinski definition) is 3. The van der Waals surface area contributed by atoms with Crippen LogP contribution < -0.4 is 15.4 Å². The Morgan fingerprint density at radius 3 is 3.16 bits per heavy atom. The van der Waals surface area contributed by atoms with Crippen LogP contribution in [-0.2, 0) is 11.3 Å². The molecule has 0 aromatic heterocycles. The van der Waals surface area contributed by atoms with Crippen LogP contribution in [0.2, 0.25) is 0 Å². The maximum absolute atomic E-state index is 11.3. The fraction of sp³-hybridized carbons (Fsp3) is 0.400. The number of nitrogens with one attached hydrogen (secondary N) is 2. The zero-order chi connectivity index (χ0) is 13.7. The van der Waals surface area contributed by atoms with Gasteiger partial charge >= 0.3 is 0 Å². The number of carbonyl (C=O) groups is 1. The summed E-state index contributed by atoms with van der Waals surface area (Å²) in [5.41, 5.74) is 1.83. The molecule has 1 aliphatic rings. The molecule has 4 nitrogen and oxygen atoms in total. The summed E-state index contributed by atoms with van der Waals surface area (Å²) < 4.78 is 5.32. The van der Waals surface area contributed by atoms with Gasteiger partial charge in [-0.05, 0) is 24.1 Å². The van der Waals surface area contributed by atoms with Crippen LogP contribution in [0.15, 0.2) is 18.2 Å². The molecule has 4 heteroatoms. The lowest BCUT2D eigenvalue weighted by atomic mass is 10.1. The molecule has 1 atom stereocenters. The summed E-state index contributed by atoms with van der Waals surface area (Å²) in [6.45, 7) is 2.92. The first-order valence-corrected chi connectivity index (χ1v) is 6.45. The number of ether oxygens (including phenoxy) is 1. The third kappa shape index (κ3) is 3.49. The van der Waals surface area contributed by atoms with Crippen LogP contribution in [0.3, 0.4) is 0 Å². The van der Waals surface area contributed by atoms with Crippen LogP contribution in [-0.4, -0.2) is 18.6 Å². The van der Waals surface area contributed by atoms with Crippen molar-refractivity contribution in [2.24, 2.45) is 0 Å². The second-order valence-corrected chi connectivity index (χ2v) is 4.56. The fourth-order valence-electron chi connectivity index (χ4n) is 2.01. The quantitative estimate of drug-likeness (QED) is 0.793. The van der Waals surface area contributed by atoms with Crippen LogP contribution in [0.5, 0.6) is 5.75 Å². The van der Waals surface area contributed by atoms with Crippen LogP contribution in [0.1, 0.15) is 25.3 Å². The zero-order valence-electron chi connectivity index (χ0n) is 11.0. The predicted molar refractivity (Wildman–Crippen MR) is 74.9 cm³/mol. The molecule has 1 aromatic carbocycles. The van der Waals surface area contributed by atoms with E-state index in [1.165, 1.54) is 0 Å². The van der Waals surface area contributed by atoms with Crippen molar-refractivity contribution in [3.63, 3.8) is 0 Å². The van der Waals surface area contributed by atoms with Crippen LogP contribution in [0.4, 0.5) is 5.69 Å². The van der Waals surface area contributed by atoms with Gasteiger partial charge in [-0.2, -0.15) is 0 Å². The Bertz CT molecular complexity index is 505. The average molecular weight is 258 g/mol. The summed E-state index contributed by atoms with van der Waals surface area (Å²) in [6, 6.07) is 6.13. The minimum absolute atomic E-state index is 0.0880. The third-order valence-electron chi connectivity index (χ3n) is 3.13. The first-order chi connectivity index (χ1) is 9.22. The normalized spacial score (nSPS) is 14.8. The number of amides is 1. The highest BCUT2D eigenvalue weighted by molar-refractivity contribution is 5.95. The monoisotopic (exact) mass is 258 g/mol. The van der Waals surface area contributed by atoms with E-state index in [9.17, 15) is 4.79 Å². The van der Waals surface area contributed by atoms with Gasteiger partial charge < -0.3 is 15.4 Å². The summed E-state index contributed by atoms with van der Waals surface area (Å²) in [4.78, 5) is 11.3. The zero-order valence-corrected chi connectivity index (χ0v) is 11.0. The van der Waals surface area contributed by atoms with Crippen molar-refractivity contribution in [3.05, 3.63) is 23.8 Å². The fourth-order valence-corrected chi connectivity index (χ4v) is 2.01. The molecule has 0 spiro atoms. The van der Waals surface area contributed by atoms with Crippen molar-refractivity contribution in [2.45, 2.75) is 32.4 Å². The lowest BCUT2D eigenvalue weighted by Crippen LogP contribution is -2.28. The topological polar surface area (TPSA) is 50.4 Å². The highest BCUT2D eigenvalue weighted by Gasteiger charge is 2.15. The van der Waals surface area contributed by atoms with Gasteiger partial charge in [0, 0.05) is 19.0 Å². The second kappa shape index (κ2) is 6.26. The van der Waals surface area contributed by atoms with Gasteiger partial charge in [-0.1, -0.05) is 13.0 Å². The van der Waals surface area contributed by atoms with Crippen molar-refractivity contribution < 1.29 is 9.53 Å². The lowest BCUT2D eigenvalue weighted by Gasteiger charge is -2.19. The molecule has 2 rings (SSSR count). The molecule has 100 valence electrons. The van der Waals surface area contributed by atoms with E-state index in [-0.39, 0.29) is 12.5 Å². The molecule has 0 fully saturated rings. The van der Waals surface area contributed by atoms with Gasteiger partial charge in [0.05, 0.1) is 5.69 Å².